The number of carbonyl (C=O) groups excluding carboxylic acids is 4. The zero-order valence-electron chi connectivity index (χ0n) is 24.6. The van der Waals surface area contributed by atoms with Gasteiger partial charge in [0.1, 0.15) is 23.0 Å². The van der Waals surface area contributed by atoms with Crippen molar-refractivity contribution in [3.05, 3.63) is 58.3 Å². The lowest BCUT2D eigenvalue weighted by Gasteiger charge is -2.21. The second-order valence-electron chi connectivity index (χ2n) is 10.9. The van der Waals surface area contributed by atoms with Crippen LogP contribution in [0.15, 0.2) is 48.5 Å². The normalized spacial score (nSPS) is 12.9. The topological polar surface area (TPSA) is 111 Å². The van der Waals surface area contributed by atoms with Crippen molar-refractivity contribution in [2.24, 2.45) is 11.8 Å². The molecule has 0 unspecified atom stereocenters. The number of hydrogen-bond donors (Lipinski definition) is 2. The van der Waals surface area contributed by atoms with E-state index < -0.39 is 11.9 Å². The van der Waals surface area contributed by atoms with Gasteiger partial charge in [0.15, 0.2) is 0 Å². The highest BCUT2D eigenvalue weighted by Gasteiger charge is 2.30. The lowest BCUT2D eigenvalue weighted by Crippen LogP contribution is -2.41. The van der Waals surface area contributed by atoms with Crippen LogP contribution in [0.5, 0.6) is 0 Å². The zero-order valence-corrected chi connectivity index (χ0v) is 26.2. The van der Waals surface area contributed by atoms with Crippen molar-refractivity contribution < 1.29 is 28.7 Å². The summed E-state index contributed by atoms with van der Waals surface area (Å²) in [5.74, 6) is -1.34. The predicted octanol–water partition coefficient (Wildman–Crippen LogP) is 6.42. The van der Waals surface area contributed by atoms with Gasteiger partial charge in [-0.05, 0) is 24.0 Å². The fourth-order valence-electron chi connectivity index (χ4n) is 4.66. The maximum atomic E-state index is 13.7. The minimum atomic E-state index is -0.526. The molecule has 2 N–H and O–H groups in total. The van der Waals surface area contributed by atoms with E-state index in [2.05, 4.69) is 10.6 Å². The number of ether oxygens (including phenoxy) is 2. The lowest BCUT2D eigenvalue weighted by atomic mass is 9.98. The van der Waals surface area contributed by atoms with E-state index in [1.54, 1.807) is 0 Å². The van der Waals surface area contributed by atoms with E-state index in [9.17, 15) is 19.2 Å². The Labute approximate surface area is 253 Å². The average molecular weight is 609 g/mol. The molecule has 2 aromatic carbocycles. The maximum Gasteiger partial charge on any atom is 0.349 e. The summed E-state index contributed by atoms with van der Waals surface area (Å²) in [6.45, 7) is 10.7. The maximum absolute atomic E-state index is 13.7. The van der Waals surface area contributed by atoms with Crippen molar-refractivity contribution in [1.29, 1.82) is 0 Å². The molecule has 2 atom stereocenters. The first-order valence-electron chi connectivity index (χ1n) is 13.9. The first kappa shape index (κ1) is 31.2. The van der Waals surface area contributed by atoms with Crippen LogP contribution < -0.4 is 10.6 Å². The van der Waals surface area contributed by atoms with Crippen LogP contribution in [0.2, 0.25) is 0 Å². The van der Waals surface area contributed by atoms with Crippen molar-refractivity contribution in [3.63, 3.8) is 0 Å². The Balaban J connectivity index is 1.78. The molecule has 0 saturated carbocycles. The summed E-state index contributed by atoms with van der Waals surface area (Å²) >= 11 is 2.61. The molecule has 0 spiro atoms. The van der Waals surface area contributed by atoms with Crippen molar-refractivity contribution in [2.75, 3.05) is 13.2 Å². The van der Waals surface area contributed by atoms with Crippen LogP contribution >= 0.6 is 22.7 Å². The number of nitrogens with one attached hydrogen (secondary N) is 2. The minimum absolute atomic E-state index is 0.0167. The van der Waals surface area contributed by atoms with Crippen LogP contribution in [0, 0.1) is 11.8 Å². The van der Waals surface area contributed by atoms with Crippen LogP contribution in [0.4, 0.5) is 0 Å². The first-order chi connectivity index (χ1) is 20.0. The third kappa shape index (κ3) is 6.99. The molecule has 2 aromatic heterocycles. The number of amides is 2. The molecule has 8 nitrogen and oxygen atoms in total. The number of hydrogen-bond acceptors (Lipinski definition) is 8. The Bertz CT molecular complexity index is 1500. The molecule has 0 radical (unpaired) electrons. The molecule has 42 heavy (non-hydrogen) atoms. The van der Waals surface area contributed by atoms with Gasteiger partial charge in [-0.1, -0.05) is 64.1 Å². The third-order valence-electron chi connectivity index (χ3n) is 6.99. The molecular formula is C32H36N2O6S2. The van der Waals surface area contributed by atoms with Crippen molar-refractivity contribution in [3.8, 4) is 11.1 Å². The number of esters is 2. The molecule has 0 aliphatic rings. The number of rotatable bonds is 11. The fraction of sp³-hybridized carbons (Fsp3) is 0.375. The molecule has 222 valence electrons. The SMILES string of the molecule is CC(=O)N[C@H](COC(=O)c1sc2ccccc2c1-c1c(C(=O)OC[C@@H](NC(C)=O)C(C)C)sc2ccccc12)C(C)C. The fourth-order valence-corrected chi connectivity index (χ4v) is 6.87. The summed E-state index contributed by atoms with van der Waals surface area (Å²) in [5, 5.41) is 7.35. The van der Waals surface area contributed by atoms with E-state index in [0.29, 0.717) is 20.9 Å². The van der Waals surface area contributed by atoms with Crippen LogP contribution in [0.3, 0.4) is 0 Å². The molecule has 0 bridgehead atoms. The molecule has 10 heteroatoms. The van der Waals surface area contributed by atoms with E-state index >= 15 is 0 Å². The second-order valence-corrected chi connectivity index (χ2v) is 13.0. The summed E-state index contributed by atoms with van der Waals surface area (Å²) in [7, 11) is 0. The molecule has 2 amide bonds. The Kier molecular flexibility index (Phi) is 10.0. The van der Waals surface area contributed by atoms with Gasteiger partial charge in [0.25, 0.3) is 0 Å². The van der Waals surface area contributed by atoms with Crippen molar-refractivity contribution in [2.45, 2.75) is 53.6 Å². The Hall–Kier alpha value is -3.76. The van der Waals surface area contributed by atoms with Gasteiger partial charge in [-0.25, -0.2) is 9.59 Å². The molecule has 0 fully saturated rings. The predicted molar refractivity (Wildman–Crippen MR) is 168 cm³/mol. The Morgan fingerprint density at radius 2 is 1.00 bits per heavy atom. The standard InChI is InChI=1S/C32H36N2O6S2/c1-17(2)23(33-19(5)35)15-39-31(37)29-27(21-11-7-9-13-25(21)41-29)28-22-12-8-10-14-26(22)42-30(28)32(38)40-16-24(18(3)4)34-20(6)36/h7-14,17-18,23-24H,15-16H2,1-6H3,(H,33,35)(H,34,36)/t23-,24-/m1/s1. The van der Waals surface area contributed by atoms with Crippen LogP contribution in [-0.2, 0) is 19.1 Å². The van der Waals surface area contributed by atoms with E-state index in [4.69, 9.17) is 9.47 Å². The van der Waals surface area contributed by atoms with Gasteiger partial charge < -0.3 is 20.1 Å². The Morgan fingerprint density at radius 1 is 0.643 bits per heavy atom. The van der Waals surface area contributed by atoms with Gasteiger partial charge in [-0.15, -0.1) is 22.7 Å². The number of fused-ring (bicyclic) bond motifs is 2. The first-order valence-corrected chi connectivity index (χ1v) is 15.5. The number of thiophene rings is 2. The zero-order chi connectivity index (χ0) is 30.6. The van der Waals surface area contributed by atoms with Crippen LogP contribution in [-0.4, -0.2) is 49.1 Å². The monoisotopic (exact) mass is 608 g/mol. The molecule has 4 aromatic rings. The minimum Gasteiger partial charge on any atom is -0.459 e. The van der Waals surface area contributed by atoms with Gasteiger partial charge >= 0.3 is 11.9 Å². The summed E-state index contributed by atoms with van der Waals surface area (Å²) in [5.41, 5.74) is 1.24. The van der Waals surface area contributed by atoms with E-state index in [1.165, 1.54) is 36.5 Å². The van der Waals surface area contributed by atoms with Gasteiger partial charge in [0, 0.05) is 45.1 Å². The highest BCUT2D eigenvalue weighted by atomic mass is 32.1. The summed E-state index contributed by atoms with van der Waals surface area (Å²) < 4.78 is 13.3. The van der Waals surface area contributed by atoms with Crippen LogP contribution in [0.1, 0.15) is 60.9 Å². The highest BCUT2D eigenvalue weighted by Crippen LogP contribution is 2.46. The Morgan fingerprint density at radius 3 is 1.33 bits per heavy atom. The largest absolute Gasteiger partial charge is 0.459 e. The number of carbonyl (C=O) groups is 4. The van der Waals surface area contributed by atoms with E-state index in [-0.39, 0.29) is 48.9 Å². The van der Waals surface area contributed by atoms with Crippen LogP contribution in [0.25, 0.3) is 31.3 Å². The van der Waals surface area contributed by atoms with Gasteiger partial charge in [0.05, 0.1) is 12.1 Å². The molecule has 0 saturated heterocycles. The molecule has 2 heterocycles. The van der Waals surface area contributed by atoms with E-state index in [0.717, 1.165) is 20.2 Å². The highest BCUT2D eigenvalue weighted by molar-refractivity contribution is 7.22. The molecule has 0 aliphatic heterocycles. The number of benzene rings is 2. The average Bonchev–Trinajstić information content (AvgIpc) is 3.50. The van der Waals surface area contributed by atoms with Gasteiger partial charge in [-0.3, -0.25) is 9.59 Å². The quantitative estimate of drug-likeness (QED) is 0.190. The molecule has 0 aliphatic carbocycles. The van der Waals surface area contributed by atoms with Gasteiger partial charge in [0.2, 0.25) is 11.8 Å². The summed E-state index contributed by atoms with van der Waals surface area (Å²) in [6.07, 6.45) is 0. The van der Waals surface area contributed by atoms with Crippen molar-refractivity contribution >= 4 is 66.6 Å². The van der Waals surface area contributed by atoms with Gasteiger partial charge in [-0.2, -0.15) is 0 Å². The second kappa shape index (κ2) is 13.5. The van der Waals surface area contributed by atoms with E-state index in [1.807, 2.05) is 76.2 Å². The van der Waals surface area contributed by atoms with Crippen molar-refractivity contribution in [1.82, 2.24) is 10.6 Å². The summed E-state index contributed by atoms with van der Waals surface area (Å²) in [4.78, 5) is 51.5. The lowest BCUT2D eigenvalue weighted by molar-refractivity contribution is -0.121. The summed E-state index contributed by atoms with van der Waals surface area (Å²) in [6, 6.07) is 14.6. The molecule has 4 rings (SSSR count). The third-order valence-corrected chi connectivity index (χ3v) is 9.29. The molecular weight excluding hydrogens is 572 g/mol. The smallest absolute Gasteiger partial charge is 0.349 e.